The van der Waals surface area contributed by atoms with Crippen molar-refractivity contribution in [2.75, 3.05) is 19.8 Å². The number of ether oxygens (including phenoxy) is 1. The highest BCUT2D eigenvalue weighted by molar-refractivity contribution is 5.21. The van der Waals surface area contributed by atoms with Crippen molar-refractivity contribution in [3.8, 4) is 6.07 Å². The Morgan fingerprint density at radius 2 is 1.95 bits per heavy atom. The molecule has 0 radical (unpaired) electrons. The fourth-order valence-corrected chi connectivity index (χ4v) is 3.52. The molecule has 1 saturated carbocycles. The molecule has 0 aromatic heterocycles. The summed E-state index contributed by atoms with van der Waals surface area (Å²) in [6.45, 7) is 1.76. The van der Waals surface area contributed by atoms with Gasteiger partial charge in [-0.3, -0.25) is 0 Å². The lowest BCUT2D eigenvalue weighted by Gasteiger charge is -2.19. The predicted molar refractivity (Wildman–Crippen MR) is 71.3 cm³/mol. The summed E-state index contributed by atoms with van der Waals surface area (Å²) in [4.78, 5) is 0. The van der Waals surface area contributed by atoms with E-state index in [2.05, 4.69) is 6.07 Å². The second kappa shape index (κ2) is 5.32. The Kier molecular flexibility index (Phi) is 3.54. The first-order valence-electron chi connectivity index (χ1n) is 6.98. The van der Waals surface area contributed by atoms with E-state index in [-0.39, 0.29) is 18.4 Å². The minimum atomic E-state index is 0.0521. The van der Waals surface area contributed by atoms with Crippen molar-refractivity contribution in [3.63, 3.8) is 0 Å². The number of nitriles is 1. The van der Waals surface area contributed by atoms with Gasteiger partial charge in [-0.15, -0.1) is 0 Å². The van der Waals surface area contributed by atoms with Gasteiger partial charge in [0.15, 0.2) is 0 Å². The van der Waals surface area contributed by atoms with Crippen LogP contribution in [0.2, 0.25) is 0 Å². The maximum absolute atomic E-state index is 9.59. The van der Waals surface area contributed by atoms with E-state index in [0.717, 1.165) is 25.2 Å². The van der Waals surface area contributed by atoms with E-state index in [1.807, 2.05) is 30.3 Å². The van der Waals surface area contributed by atoms with Crippen LogP contribution in [0.5, 0.6) is 0 Å². The van der Waals surface area contributed by atoms with Gasteiger partial charge in [-0.25, -0.2) is 0 Å². The minimum Gasteiger partial charge on any atom is -0.396 e. The van der Waals surface area contributed by atoms with Crippen molar-refractivity contribution in [2.24, 2.45) is 23.7 Å². The average molecular weight is 257 g/mol. The quantitative estimate of drug-likeness (QED) is 0.879. The van der Waals surface area contributed by atoms with Gasteiger partial charge in [0.05, 0.1) is 25.2 Å². The molecule has 1 aromatic rings. The molecule has 1 heterocycles. The van der Waals surface area contributed by atoms with E-state index >= 15 is 0 Å². The number of fused-ring (bicyclic) bond motifs is 1. The number of aliphatic hydroxyl groups excluding tert-OH is 1. The maximum atomic E-state index is 9.59. The van der Waals surface area contributed by atoms with Crippen LogP contribution in [-0.4, -0.2) is 24.9 Å². The average Bonchev–Trinajstić information content (AvgIpc) is 2.94. The molecule has 2 aliphatic rings. The lowest BCUT2D eigenvalue weighted by molar-refractivity contribution is 0.141. The number of rotatable bonds is 5. The van der Waals surface area contributed by atoms with Crippen LogP contribution >= 0.6 is 0 Å². The topological polar surface area (TPSA) is 53.2 Å². The normalized spacial score (nSPS) is 31.3. The van der Waals surface area contributed by atoms with Gasteiger partial charge in [-0.05, 0) is 29.7 Å². The summed E-state index contributed by atoms with van der Waals surface area (Å²) in [6.07, 6.45) is 0.759. The summed E-state index contributed by atoms with van der Waals surface area (Å²) in [5.74, 6) is 1.82. The molecule has 19 heavy (non-hydrogen) atoms. The highest BCUT2D eigenvalue weighted by Crippen LogP contribution is 2.56. The Morgan fingerprint density at radius 1 is 1.26 bits per heavy atom. The minimum absolute atomic E-state index is 0.0521. The molecular weight excluding hydrogens is 238 g/mol. The fourth-order valence-electron chi connectivity index (χ4n) is 3.52. The number of aliphatic hydroxyl groups is 1. The van der Waals surface area contributed by atoms with E-state index in [0.29, 0.717) is 17.8 Å². The third kappa shape index (κ3) is 2.39. The summed E-state index contributed by atoms with van der Waals surface area (Å²) in [5.41, 5.74) is 1.13. The fraction of sp³-hybridized carbons (Fsp3) is 0.562. The second-order valence-electron chi connectivity index (χ2n) is 5.70. The SMILES string of the molecule is N#CC(C[C@@H](CO)c1ccccc1)C1[C@H]2COC[C@@H]12. The van der Waals surface area contributed by atoms with Gasteiger partial charge in [-0.2, -0.15) is 5.26 Å². The Morgan fingerprint density at radius 3 is 2.53 bits per heavy atom. The molecule has 2 fully saturated rings. The van der Waals surface area contributed by atoms with E-state index in [1.54, 1.807) is 0 Å². The molecule has 3 rings (SSSR count). The molecule has 5 atom stereocenters. The van der Waals surface area contributed by atoms with E-state index in [4.69, 9.17) is 4.74 Å². The zero-order valence-corrected chi connectivity index (χ0v) is 10.9. The molecule has 0 spiro atoms. The van der Waals surface area contributed by atoms with Crippen LogP contribution in [0.3, 0.4) is 0 Å². The van der Waals surface area contributed by atoms with Crippen molar-refractivity contribution >= 4 is 0 Å². The summed E-state index contributed by atoms with van der Waals surface area (Å²) in [7, 11) is 0. The maximum Gasteiger partial charge on any atom is 0.0659 e. The van der Waals surface area contributed by atoms with Crippen molar-refractivity contribution in [2.45, 2.75) is 12.3 Å². The molecule has 1 N–H and O–H groups in total. The monoisotopic (exact) mass is 257 g/mol. The predicted octanol–water partition coefficient (Wildman–Crippen LogP) is 2.18. The van der Waals surface area contributed by atoms with Crippen molar-refractivity contribution in [3.05, 3.63) is 35.9 Å². The van der Waals surface area contributed by atoms with Crippen molar-refractivity contribution in [1.82, 2.24) is 0 Å². The third-order valence-electron chi connectivity index (χ3n) is 4.68. The first-order chi connectivity index (χ1) is 9.35. The van der Waals surface area contributed by atoms with Gasteiger partial charge in [-0.1, -0.05) is 30.3 Å². The molecule has 1 aliphatic carbocycles. The standard InChI is InChI=1S/C16H19NO2/c17-7-12(16-14-9-19-10-15(14)16)6-13(8-18)11-4-2-1-3-5-11/h1-5,12-16,18H,6,8-10H2/t12?,13-,14-,15+,16?/m0/s1. The van der Waals surface area contributed by atoms with Crippen LogP contribution in [0.15, 0.2) is 30.3 Å². The van der Waals surface area contributed by atoms with Crippen LogP contribution < -0.4 is 0 Å². The van der Waals surface area contributed by atoms with Crippen LogP contribution in [0, 0.1) is 35.0 Å². The smallest absolute Gasteiger partial charge is 0.0659 e. The number of benzene rings is 1. The number of hydrogen-bond acceptors (Lipinski definition) is 3. The first-order valence-corrected chi connectivity index (χ1v) is 6.98. The molecule has 2 unspecified atom stereocenters. The number of hydrogen-bond donors (Lipinski definition) is 1. The molecule has 3 nitrogen and oxygen atoms in total. The molecule has 3 heteroatoms. The zero-order chi connectivity index (χ0) is 13.2. The molecular formula is C16H19NO2. The van der Waals surface area contributed by atoms with Gasteiger partial charge in [0.25, 0.3) is 0 Å². The van der Waals surface area contributed by atoms with Gasteiger partial charge >= 0.3 is 0 Å². The van der Waals surface area contributed by atoms with Crippen LogP contribution in [-0.2, 0) is 4.74 Å². The Hall–Kier alpha value is -1.37. The van der Waals surface area contributed by atoms with Crippen LogP contribution in [0.4, 0.5) is 0 Å². The highest BCUT2D eigenvalue weighted by atomic mass is 16.5. The summed E-state index contributed by atoms with van der Waals surface area (Å²) in [6, 6.07) is 12.5. The lowest BCUT2D eigenvalue weighted by Crippen LogP contribution is -2.15. The van der Waals surface area contributed by atoms with Gasteiger partial charge in [0.1, 0.15) is 0 Å². The molecule has 1 aliphatic heterocycles. The van der Waals surface area contributed by atoms with Gasteiger partial charge < -0.3 is 9.84 Å². The van der Waals surface area contributed by atoms with E-state index in [9.17, 15) is 10.4 Å². The van der Waals surface area contributed by atoms with Crippen molar-refractivity contribution in [1.29, 1.82) is 5.26 Å². The first kappa shape index (κ1) is 12.7. The molecule has 100 valence electrons. The number of nitrogens with zero attached hydrogens (tertiary/aromatic N) is 1. The van der Waals surface area contributed by atoms with E-state index < -0.39 is 0 Å². The van der Waals surface area contributed by atoms with Gasteiger partial charge in [0.2, 0.25) is 0 Å². The lowest BCUT2D eigenvalue weighted by atomic mass is 9.86. The Bertz CT molecular complexity index is 457. The second-order valence-corrected chi connectivity index (χ2v) is 5.70. The molecule has 1 aromatic carbocycles. The van der Waals surface area contributed by atoms with Gasteiger partial charge in [0, 0.05) is 12.5 Å². The zero-order valence-electron chi connectivity index (χ0n) is 10.9. The summed E-state index contributed by atoms with van der Waals surface area (Å²) >= 11 is 0. The largest absolute Gasteiger partial charge is 0.396 e. The molecule has 1 saturated heterocycles. The molecule has 0 bridgehead atoms. The van der Waals surface area contributed by atoms with Crippen LogP contribution in [0.1, 0.15) is 17.9 Å². The third-order valence-corrected chi connectivity index (χ3v) is 4.68. The Labute approximate surface area is 113 Å². The van der Waals surface area contributed by atoms with Crippen LogP contribution in [0.25, 0.3) is 0 Å². The summed E-state index contributed by atoms with van der Waals surface area (Å²) in [5, 5.41) is 19.0. The Balaban J connectivity index is 1.67. The van der Waals surface area contributed by atoms with Crippen molar-refractivity contribution < 1.29 is 9.84 Å². The van der Waals surface area contributed by atoms with E-state index in [1.165, 1.54) is 0 Å². The highest BCUT2D eigenvalue weighted by Gasteiger charge is 2.57. The molecule has 0 amide bonds. The summed E-state index contributed by atoms with van der Waals surface area (Å²) < 4.78 is 5.39.